The number of hydrogen-bond donors (Lipinski definition) is 1. The van der Waals surface area contributed by atoms with E-state index in [4.69, 9.17) is 4.74 Å². The van der Waals surface area contributed by atoms with Crippen LogP contribution in [0.25, 0.3) is 11.1 Å². The molecular formula is C33H28F4N2O3. The maximum absolute atomic E-state index is 14.5. The minimum absolute atomic E-state index is 0.353. The van der Waals surface area contributed by atoms with Crippen molar-refractivity contribution in [3.8, 4) is 16.9 Å². The Morgan fingerprint density at radius 3 is 2.31 bits per heavy atom. The summed E-state index contributed by atoms with van der Waals surface area (Å²) in [6.07, 6.45) is -4.72. The van der Waals surface area contributed by atoms with E-state index in [9.17, 15) is 27.5 Å². The van der Waals surface area contributed by atoms with Crippen LogP contribution in [0, 0.1) is 12.7 Å². The first-order chi connectivity index (χ1) is 20.0. The number of rotatable bonds is 8. The largest absolute Gasteiger partial charge is 0.497 e. The molecule has 0 amide bonds. The third kappa shape index (κ3) is 6.00. The summed E-state index contributed by atoms with van der Waals surface area (Å²) in [6.45, 7) is 1.93. The molecule has 216 valence electrons. The highest BCUT2D eigenvalue weighted by Gasteiger charge is 2.51. The maximum atomic E-state index is 14.5. The number of hydrogen-bond acceptors (Lipinski definition) is 4. The standard InChI is InChI=1S/C33H28F4N2O3/c1-20-16-24(27-18-26(42-2)14-15-28(27)34)11-10-23(20)17-21-8-12-25(13-9-21)39-29(19-30(40)41)31(22-6-4-3-5-7-22)32(38-39)33(35,36)37/h3-16,18,29,31H,17,19H2,1-2H3,(H,40,41). The SMILES string of the molecule is COc1ccc(F)c(-c2ccc(Cc3ccc(N4N=C(C(F)(F)F)C(c5ccccc5)C4CC(=O)O)cc3)c(C)c2)c1. The molecule has 0 aliphatic carbocycles. The minimum atomic E-state index is -4.73. The van der Waals surface area contributed by atoms with E-state index in [1.54, 1.807) is 66.7 Å². The van der Waals surface area contributed by atoms with Crippen molar-refractivity contribution in [3.05, 3.63) is 119 Å². The highest BCUT2D eigenvalue weighted by molar-refractivity contribution is 6.00. The Hall–Kier alpha value is -4.66. The summed E-state index contributed by atoms with van der Waals surface area (Å²) in [6, 6.07) is 24.1. The van der Waals surface area contributed by atoms with E-state index < -0.39 is 36.2 Å². The zero-order chi connectivity index (χ0) is 30.0. The Morgan fingerprint density at radius 1 is 0.976 bits per heavy atom. The van der Waals surface area contributed by atoms with Crippen LogP contribution in [0.3, 0.4) is 0 Å². The second kappa shape index (κ2) is 11.7. The summed E-state index contributed by atoms with van der Waals surface area (Å²) in [5, 5.41) is 14.7. The molecule has 1 aliphatic rings. The van der Waals surface area contributed by atoms with Gasteiger partial charge in [0.2, 0.25) is 0 Å². The quantitative estimate of drug-likeness (QED) is 0.218. The number of halogens is 4. The van der Waals surface area contributed by atoms with Crippen molar-refractivity contribution < 1.29 is 32.2 Å². The van der Waals surface area contributed by atoms with Gasteiger partial charge in [0.15, 0.2) is 5.71 Å². The third-order valence-electron chi connectivity index (χ3n) is 7.46. The number of carbonyl (C=O) groups is 1. The zero-order valence-electron chi connectivity index (χ0n) is 22.9. The first-order valence-electron chi connectivity index (χ1n) is 13.3. The summed E-state index contributed by atoms with van der Waals surface area (Å²) >= 11 is 0. The molecule has 4 aromatic carbocycles. The second-order valence-corrected chi connectivity index (χ2v) is 10.2. The minimum Gasteiger partial charge on any atom is -0.497 e. The summed E-state index contributed by atoms with van der Waals surface area (Å²) in [5.74, 6) is -2.27. The van der Waals surface area contributed by atoms with Crippen molar-refractivity contribution in [1.82, 2.24) is 0 Å². The van der Waals surface area contributed by atoms with Crippen LogP contribution in [0.4, 0.5) is 23.2 Å². The fraction of sp³-hybridized carbons (Fsp3) is 0.212. The number of hydrazone groups is 1. The van der Waals surface area contributed by atoms with E-state index in [1.165, 1.54) is 18.2 Å². The third-order valence-corrected chi connectivity index (χ3v) is 7.46. The summed E-state index contributed by atoms with van der Waals surface area (Å²) in [7, 11) is 1.52. The van der Waals surface area contributed by atoms with Gasteiger partial charge in [-0.3, -0.25) is 9.80 Å². The first-order valence-corrected chi connectivity index (χ1v) is 13.3. The molecule has 1 aliphatic heterocycles. The lowest BCUT2D eigenvalue weighted by molar-refractivity contribution is -0.137. The molecule has 9 heteroatoms. The van der Waals surface area contributed by atoms with Crippen LogP contribution in [0.1, 0.15) is 34.6 Å². The summed E-state index contributed by atoms with van der Waals surface area (Å²) in [4.78, 5) is 11.7. The van der Waals surface area contributed by atoms with Crippen molar-refractivity contribution in [3.63, 3.8) is 0 Å². The number of methoxy groups -OCH3 is 1. The predicted octanol–water partition coefficient (Wildman–Crippen LogP) is 7.77. The van der Waals surface area contributed by atoms with Gasteiger partial charge in [0, 0.05) is 5.56 Å². The number of benzene rings is 4. The van der Waals surface area contributed by atoms with Crippen molar-refractivity contribution in [1.29, 1.82) is 0 Å². The monoisotopic (exact) mass is 576 g/mol. The molecule has 0 fully saturated rings. The van der Waals surface area contributed by atoms with Gasteiger partial charge in [-0.15, -0.1) is 0 Å². The van der Waals surface area contributed by atoms with Gasteiger partial charge >= 0.3 is 12.1 Å². The van der Waals surface area contributed by atoms with Crippen LogP contribution in [0.2, 0.25) is 0 Å². The Bertz CT molecular complexity index is 1620. The lowest BCUT2D eigenvalue weighted by Crippen LogP contribution is -2.37. The van der Waals surface area contributed by atoms with E-state index in [-0.39, 0.29) is 5.82 Å². The van der Waals surface area contributed by atoms with E-state index >= 15 is 0 Å². The van der Waals surface area contributed by atoms with Gasteiger partial charge in [0.25, 0.3) is 0 Å². The number of carboxylic acids is 1. The van der Waals surface area contributed by atoms with Crippen molar-refractivity contribution >= 4 is 17.4 Å². The van der Waals surface area contributed by atoms with E-state index in [1.807, 2.05) is 25.1 Å². The average Bonchev–Trinajstić information content (AvgIpc) is 3.34. The lowest BCUT2D eigenvalue weighted by Gasteiger charge is -2.27. The number of carboxylic acid groups (broad SMARTS) is 1. The number of anilines is 1. The Morgan fingerprint density at radius 2 is 1.69 bits per heavy atom. The van der Waals surface area contributed by atoms with Crippen LogP contribution in [0.5, 0.6) is 5.75 Å². The van der Waals surface area contributed by atoms with Crippen LogP contribution < -0.4 is 9.75 Å². The molecule has 2 unspecified atom stereocenters. The fourth-order valence-corrected chi connectivity index (χ4v) is 5.38. The highest BCUT2D eigenvalue weighted by Crippen LogP contribution is 2.42. The normalized spacial score (nSPS) is 16.8. The van der Waals surface area contributed by atoms with E-state index in [2.05, 4.69) is 5.10 Å². The van der Waals surface area contributed by atoms with Gasteiger partial charge in [-0.2, -0.15) is 18.3 Å². The number of alkyl halides is 3. The molecule has 0 aromatic heterocycles. The van der Waals surface area contributed by atoms with Gasteiger partial charge in [-0.05, 0) is 71.5 Å². The van der Waals surface area contributed by atoms with Crippen LogP contribution >= 0.6 is 0 Å². The average molecular weight is 577 g/mol. The summed E-state index contributed by atoms with van der Waals surface area (Å²) < 4.78 is 62.0. The predicted molar refractivity (Wildman–Crippen MR) is 154 cm³/mol. The maximum Gasteiger partial charge on any atom is 0.431 e. The zero-order valence-corrected chi connectivity index (χ0v) is 22.9. The molecule has 4 aromatic rings. The molecule has 0 saturated heterocycles. The van der Waals surface area contributed by atoms with Crippen molar-refractivity contribution in [2.75, 3.05) is 12.1 Å². The van der Waals surface area contributed by atoms with Gasteiger partial charge in [0.05, 0.1) is 31.2 Å². The Balaban J connectivity index is 1.41. The van der Waals surface area contributed by atoms with Gasteiger partial charge < -0.3 is 9.84 Å². The van der Waals surface area contributed by atoms with Crippen molar-refractivity contribution in [2.45, 2.75) is 37.9 Å². The number of aryl methyl sites for hydroxylation is 1. The molecule has 0 spiro atoms. The number of aliphatic carboxylic acids is 1. The molecule has 0 bridgehead atoms. The van der Waals surface area contributed by atoms with Crippen LogP contribution in [0.15, 0.2) is 96.1 Å². The topological polar surface area (TPSA) is 62.1 Å². The molecule has 1 heterocycles. The second-order valence-electron chi connectivity index (χ2n) is 10.2. The molecular weight excluding hydrogens is 548 g/mol. The molecule has 42 heavy (non-hydrogen) atoms. The number of nitrogens with zero attached hydrogens (tertiary/aromatic N) is 2. The van der Waals surface area contributed by atoms with Gasteiger partial charge in [-0.1, -0.05) is 60.7 Å². The summed E-state index contributed by atoms with van der Waals surface area (Å²) in [5.41, 5.74) is 3.70. The molecule has 0 saturated carbocycles. The number of ether oxygens (including phenoxy) is 1. The molecule has 5 nitrogen and oxygen atoms in total. The molecule has 2 atom stereocenters. The van der Waals surface area contributed by atoms with Crippen LogP contribution in [-0.4, -0.2) is 36.1 Å². The molecule has 0 radical (unpaired) electrons. The van der Waals surface area contributed by atoms with Crippen molar-refractivity contribution in [2.24, 2.45) is 5.10 Å². The Kier molecular flexibility index (Phi) is 8.02. The Labute approximate surface area is 240 Å². The van der Waals surface area contributed by atoms with Gasteiger partial charge in [-0.25, -0.2) is 4.39 Å². The lowest BCUT2D eigenvalue weighted by atomic mass is 9.86. The fourth-order valence-electron chi connectivity index (χ4n) is 5.38. The smallest absolute Gasteiger partial charge is 0.431 e. The molecule has 5 rings (SSSR count). The van der Waals surface area contributed by atoms with Crippen LogP contribution in [-0.2, 0) is 11.2 Å². The van der Waals surface area contributed by atoms with Gasteiger partial charge in [0.1, 0.15) is 11.6 Å². The molecule has 1 N–H and O–H groups in total. The first kappa shape index (κ1) is 28.9. The van der Waals surface area contributed by atoms with E-state index in [0.717, 1.165) is 16.7 Å². The highest BCUT2D eigenvalue weighted by atomic mass is 19.4. The van der Waals surface area contributed by atoms with E-state index in [0.29, 0.717) is 34.5 Å².